The summed E-state index contributed by atoms with van der Waals surface area (Å²) < 4.78 is 39.4. The van der Waals surface area contributed by atoms with Gasteiger partial charge in [-0.2, -0.15) is 13.2 Å². The first-order valence-corrected chi connectivity index (χ1v) is 9.97. The van der Waals surface area contributed by atoms with Crippen LogP contribution in [0.1, 0.15) is 47.1 Å². The molecule has 0 N–H and O–H groups in total. The van der Waals surface area contributed by atoms with E-state index in [4.69, 9.17) is 0 Å². The first-order chi connectivity index (χ1) is 14.6. The van der Waals surface area contributed by atoms with Crippen molar-refractivity contribution in [3.05, 3.63) is 87.5 Å². The lowest BCUT2D eigenvalue weighted by Gasteiger charge is -2.15. The second-order valence-corrected chi connectivity index (χ2v) is 7.57. The number of hydrogen-bond acceptors (Lipinski definition) is 3. The van der Waals surface area contributed by atoms with Gasteiger partial charge >= 0.3 is 6.18 Å². The van der Waals surface area contributed by atoms with Gasteiger partial charge in [0, 0.05) is 30.0 Å². The minimum absolute atomic E-state index is 0.0147. The molecular weight excluding hydrogens is 405 g/mol. The molecule has 0 saturated heterocycles. The fourth-order valence-corrected chi connectivity index (χ4v) is 3.30. The number of halogens is 3. The van der Waals surface area contributed by atoms with Crippen molar-refractivity contribution in [3.63, 3.8) is 0 Å². The summed E-state index contributed by atoms with van der Waals surface area (Å²) >= 11 is 0. The third-order valence-electron chi connectivity index (χ3n) is 4.97. The van der Waals surface area contributed by atoms with Crippen LogP contribution in [-0.2, 0) is 13.0 Å². The van der Waals surface area contributed by atoms with Gasteiger partial charge in [0.2, 0.25) is 0 Å². The molecule has 0 aliphatic rings. The Kier molecular flexibility index (Phi) is 6.73. The largest absolute Gasteiger partial charge is 0.389 e. The van der Waals surface area contributed by atoms with E-state index < -0.39 is 12.6 Å². The van der Waals surface area contributed by atoms with Gasteiger partial charge in [-0.15, -0.1) is 0 Å². The van der Waals surface area contributed by atoms with E-state index in [9.17, 15) is 22.8 Å². The third-order valence-corrected chi connectivity index (χ3v) is 4.97. The van der Waals surface area contributed by atoms with Crippen molar-refractivity contribution in [1.82, 2.24) is 9.55 Å². The third kappa shape index (κ3) is 6.13. The molecule has 7 heteroatoms. The monoisotopic (exact) mass is 428 g/mol. The number of aromatic nitrogens is 2. The number of Topliss-reactive ketones (excluding diaryl/α,β-unsaturated/α-hetero) is 1. The molecule has 31 heavy (non-hydrogen) atoms. The average molecular weight is 428 g/mol. The van der Waals surface area contributed by atoms with Gasteiger partial charge in [0.25, 0.3) is 5.56 Å². The van der Waals surface area contributed by atoms with Crippen LogP contribution in [0.5, 0.6) is 0 Å². The van der Waals surface area contributed by atoms with Crippen LogP contribution >= 0.6 is 0 Å². The van der Waals surface area contributed by atoms with E-state index in [-0.39, 0.29) is 30.7 Å². The summed E-state index contributed by atoms with van der Waals surface area (Å²) in [6.07, 6.45) is -5.37. The molecule has 0 bridgehead atoms. The second kappa shape index (κ2) is 9.29. The van der Waals surface area contributed by atoms with Crippen LogP contribution < -0.4 is 5.56 Å². The molecule has 1 aromatic heterocycles. The van der Waals surface area contributed by atoms with Gasteiger partial charge in [0.05, 0.1) is 12.2 Å². The highest BCUT2D eigenvalue weighted by molar-refractivity contribution is 5.94. The predicted molar refractivity (Wildman–Crippen MR) is 113 cm³/mol. The number of alkyl halides is 3. The maximum atomic E-state index is 12.9. The van der Waals surface area contributed by atoms with Gasteiger partial charge < -0.3 is 0 Å². The van der Waals surface area contributed by atoms with Crippen LogP contribution in [0, 0.1) is 6.92 Å². The summed E-state index contributed by atoms with van der Waals surface area (Å²) in [4.78, 5) is 29.1. The molecule has 0 radical (unpaired) electrons. The van der Waals surface area contributed by atoms with Crippen LogP contribution in [0.3, 0.4) is 0 Å². The molecule has 1 heterocycles. The standard InChI is InChI=1S/C24H23F3N2O2/c1-16-8-10-19(11-9-16)21-14-23(31)29(22(28-21)7-4-12-24(25,26)27)15-18-5-3-6-20(13-18)17(2)30/h3,5-6,8-11,13-14H,4,7,12,15H2,1-2H3. The molecule has 3 aromatic rings. The molecule has 0 atom stereocenters. The van der Waals surface area contributed by atoms with E-state index >= 15 is 0 Å². The minimum Gasteiger partial charge on any atom is -0.295 e. The number of hydrogen-bond donors (Lipinski definition) is 0. The molecule has 0 spiro atoms. The lowest BCUT2D eigenvalue weighted by atomic mass is 10.1. The number of ketones is 1. The normalized spacial score (nSPS) is 11.5. The highest BCUT2D eigenvalue weighted by Crippen LogP contribution is 2.23. The Labute approximate surface area is 178 Å². The Morgan fingerprint density at radius 2 is 1.77 bits per heavy atom. The zero-order valence-corrected chi connectivity index (χ0v) is 17.4. The number of rotatable bonds is 7. The van der Waals surface area contributed by atoms with E-state index in [1.807, 2.05) is 31.2 Å². The second-order valence-electron chi connectivity index (χ2n) is 7.57. The molecule has 0 saturated carbocycles. The maximum Gasteiger partial charge on any atom is 0.389 e. The molecule has 2 aromatic carbocycles. The minimum atomic E-state index is -4.27. The van der Waals surface area contributed by atoms with E-state index in [0.717, 1.165) is 11.1 Å². The summed E-state index contributed by atoms with van der Waals surface area (Å²) in [5, 5.41) is 0. The fourth-order valence-electron chi connectivity index (χ4n) is 3.30. The first kappa shape index (κ1) is 22.5. The van der Waals surface area contributed by atoms with Crippen LogP contribution in [-0.4, -0.2) is 21.5 Å². The molecule has 4 nitrogen and oxygen atoms in total. The van der Waals surface area contributed by atoms with Crippen LogP contribution in [0.4, 0.5) is 13.2 Å². The molecular formula is C24H23F3N2O2. The molecule has 0 amide bonds. The molecule has 0 unspecified atom stereocenters. The van der Waals surface area contributed by atoms with Crippen LogP contribution in [0.15, 0.2) is 59.4 Å². The van der Waals surface area contributed by atoms with E-state index in [1.165, 1.54) is 17.6 Å². The Hall–Kier alpha value is -3.22. The quantitative estimate of drug-likeness (QED) is 0.477. The van der Waals surface area contributed by atoms with Crippen LogP contribution in [0.25, 0.3) is 11.3 Å². The van der Waals surface area contributed by atoms with Gasteiger partial charge in [0.1, 0.15) is 5.82 Å². The van der Waals surface area contributed by atoms with Crippen molar-refractivity contribution in [2.75, 3.05) is 0 Å². The molecule has 3 rings (SSSR count). The van der Waals surface area contributed by atoms with Gasteiger partial charge in [-0.3, -0.25) is 14.2 Å². The summed E-state index contributed by atoms with van der Waals surface area (Å²) in [7, 11) is 0. The number of nitrogens with zero attached hydrogens (tertiary/aromatic N) is 2. The Morgan fingerprint density at radius 3 is 2.42 bits per heavy atom. The Morgan fingerprint density at radius 1 is 1.06 bits per heavy atom. The van der Waals surface area contributed by atoms with Crippen molar-refractivity contribution in [1.29, 1.82) is 0 Å². The van der Waals surface area contributed by atoms with Crippen LogP contribution in [0.2, 0.25) is 0 Å². The lowest BCUT2D eigenvalue weighted by molar-refractivity contribution is -0.135. The van der Waals surface area contributed by atoms with Gasteiger partial charge in [-0.25, -0.2) is 4.98 Å². The topological polar surface area (TPSA) is 52.0 Å². The van der Waals surface area contributed by atoms with E-state index in [0.29, 0.717) is 22.6 Å². The van der Waals surface area contributed by atoms with Crippen molar-refractivity contribution in [3.8, 4) is 11.3 Å². The smallest absolute Gasteiger partial charge is 0.295 e. The lowest BCUT2D eigenvalue weighted by Crippen LogP contribution is -2.26. The molecule has 162 valence electrons. The number of carbonyl (C=O) groups is 1. The predicted octanol–water partition coefficient (Wildman–Crippen LogP) is 5.35. The molecule has 0 aliphatic carbocycles. The Balaban J connectivity index is 1.99. The van der Waals surface area contributed by atoms with Crippen molar-refractivity contribution >= 4 is 5.78 Å². The van der Waals surface area contributed by atoms with Gasteiger partial charge in [-0.05, 0) is 31.9 Å². The van der Waals surface area contributed by atoms with Gasteiger partial charge in [-0.1, -0.05) is 48.0 Å². The van der Waals surface area contributed by atoms with Gasteiger partial charge in [0.15, 0.2) is 5.78 Å². The van der Waals surface area contributed by atoms with Crippen molar-refractivity contribution < 1.29 is 18.0 Å². The maximum absolute atomic E-state index is 12.9. The number of carbonyl (C=O) groups excluding carboxylic acids is 1. The van der Waals surface area contributed by atoms with Crippen molar-refractivity contribution in [2.45, 2.75) is 45.8 Å². The number of benzene rings is 2. The highest BCUT2D eigenvalue weighted by atomic mass is 19.4. The molecule has 0 fully saturated rings. The van der Waals surface area contributed by atoms with Crippen molar-refractivity contribution in [2.24, 2.45) is 0 Å². The molecule has 0 aliphatic heterocycles. The Bertz CT molecular complexity index is 1130. The summed E-state index contributed by atoms with van der Waals surface area (Å²) in [6, 6.07) is 15.7. The highest BCUT2D eigenvalue weighted by Gasteiger charge is 2.26. The fraction of sp³-hybridized carbons (Fsp3) is 0.292. The van der Waals surface area contributed by atoms with E-state index in [2.05, 4.69) is 4.98 Å². The zero-order valence-electron chi connectivity index (χ0n) is 17.4. The zero-order chi connectivity index (χ0) is 22.6. The number of aryl methyl sites for hydroxylation is 2. The van der Waals surface area contributed by atoms with E-state index in [1.54, 1.807) is 24.3 Å². The average Bonchev–Trinajstić information content (AvgIpc) is 2.70. The summed E-state index contributed by atoms with van der Waals surface area (Å²) in [6.45, 7) is 3.52. The first-order valence-electron chi connectivity index (χ1n) is 9.97. The summed E-state index contributed by atoms with van der Waals surface area (Å²) in [5.41, 5.74) is 3.07. The summed E-state index contributed by atoms with van der Waals surface area (Å²) in [5.74, 6) is 0.188. The SMILES string of the molecule is CC(=O)c1cccc(Cn2c(CCCC(F)(F)F)nc(-c3ccc(C)cc3)cc2=O)c1.